The van der Waals surface area contributed by atoms with E-state index in [1.165, 1.54) is 7.11 Å². The molecule has 4 heteroatoms. The topological polar surface area (TPSA) is 53.3 Å². The van der Waals surface area contributed by atoms with Crippen molar-refractivity contribution in [3.63, 3.8) is 0 Å². The lowest BCUT2D eigenvalue weighted by atomic mass is 10.3. The zero-order chi connectivity index (χ0) is 10.3. The molecule has 0 fully saturated rings. The Labute approximate surface area is 79.1 Å². The van der Waals surface area contributed by atoms with Crippen molar-refractivity contribution in [2.45, 2.75) is 26.3 Å². The molecule has 0 aromatic rings. The van der Waals surface area contributed by atoms with Crippen LogP contribution in [0, 0.1) is 11.3 Å². The van der Waals surface area contributed by atoms with Crippen molar-refractivity contribution in [2.24, 2.45) is 0 Å². The summed E-state index contributed by atoms with van der Waals surface area (Å²) in [6, 6.07) is 2.31. The smallest absolute Gasteiger partial charge is 0.319 e. The van der Waals surface area contributed by atoms with Crippen molar-refractivity contribution in [3.05, 3.63) is 0 Å². The number of nitrogens with zero attached hydrogens (tertiary/aromatic N) is 2. The van der Waals surface area contributed by atoms with Gasteiger partial charge < -0.3 is 4.74 Å². The maximum absolute atomic E-state index is 10.9. The van der Waals surface area contributed by atoms with Crippen LogP contribution in [0.1, 0.15) is 20.3 Å². The number of esters is 1. The van der Waals surface area contributed by atoms with Crippen LogP contribution in [0.15, 0.2) is 0 Å². The van der Waals surface area contributed by atoms with Gasteiger partial charge in [0.1, 0.15) is 0 Å². The van der Waals surface area contributed by atoms with Crippen molar-refractivity contribution in [3.8, 4) is 6.07 Å². The minimum absolute atomic E-state index is 0.257. The fourth-order valence-corrected chi connectivity index (χ4v) is 0.944. The SMILES string of the molecule is COC(=O)CN(CCC#N)C(C)C. The molecule has 0 aromatic heterocycles. The van der Waals surface area contributed by atoms with Gasteiger partial charge in [0.25, 0.3) is 0 Å². The molecule has 0 amide bonds. The summed E-state index contributed by atoms with van der Waals surface area (Å²) in [4.78, 5) is 12.9. The number of hydrogen-bond donors (Lipinski definition) is 0. The Balaban J connectivity index is 3.95. The molecule has 0 aromatic carbocycles. The number of carbonyl (C=O) groups is 1. The standard InChI is InChI=1S/C9H16N2O2/c1-8(2)11(6-4-5-10)7-9(12)13-3/h8H,4,6-7H2,1-3H3. The predicted octanol–water partition coefficient (Wildman–Crippen LogP) is 0.783. The quantitative estimate of drug-likeness (QED) is 0.592. The van der Waals surface area contributed by atoms with Crippen LogP contribution in [0.4, 0.5) is 0 Å². The van der Waals surface area contributed by atoms with Crippen LogP contribution < -0.4 is 0 Å². The summed E-state index contributed by atoms with van der Waals surface area (Å²) < 4.78 is 4.55. The van der Waals surface area contributed by atoms with Gasteiger partial charge in [0.2, 0.25) is 0 Å². The van der Waals surface area contributed by atoms with Crippen LogP contribution in [-0.4, -0.2) is 37.1 Å². The molecule has 0 N–H and O–H groups in total. The molecule has 0 heterocycles. The first kappa shape index (κ1) is 11.9. The minimum Gasteiger partial charge on any atom is -0.468 e. The zero-order valence-electron chi connectivity index (χ0n) is 8.41. The van der Waals surface area contributed by atoms with E-state index in [9.17, 15) is 4.79 Å². The van der Waals surface area contributed by atoms with Gasteiger partial charge in [-0.25, -0.2) is 0 Å². The summed E-state index contributed by atoms with van der Waals surface area (Å²) >= 11 is 0. The molecule has 0 spiro atoms. The fourth-order valence-electron chi connectivity index (χ4n) is 0.944. The third kappa shape index (κ3) is 5.21. The van der Waals surface area contributed by atoms with Crippen molar-refractivity contribution < 1.29 is 9.53 Å². The van der Waals surface area contributed by atoms with E-state index in [0.717, 1.165) is 0 Å². The summed E-state index contributed by atoms with van der Waals surface area (Å²) in [5, 5.41) is 8.40. The maximum Gasteiger partial charge on any atom is 0.319 e. The van der Waals surface area contributed by atoms with Gasteiger partial charge in [-0.3, -0.25) is 9.69 Å². The van der Waals surface area contributed by atoms with Crippen LogP contribution >= 0.6 is 0 Å². The first-order chi connectivity index (χ1) is 6.11. The normalized spacial score (nSPS) is 10.2. The van der Waals surface area contributed by atoms with Crippen LogP contribution in [0.2, 0.25) is 0 Å². The molecule has 0 aliphatic heterocycles. The van der Waals surface area contributed by atoms with Crippen molar-refractivity contribution in [1.82, 2.24) is 4.90 Å². The lowest BCUT2D eigenvalue weighted by Gasteiger charge is -2.23. The summed E-state index contributed by atoms with van der Waals surface area (Å²) in [5.74, 6) is -0.258. The van der Waals surface area contributed by atoms with Gasteiger partial charge in [-0.2, -0.15) is 5.26 Å². The number of nitriles is 1. The van der Waals surface area contributed by atoms with E-state index in [-0.39, 0.29) is 18.6 Å². The van der Waals surface area contributed by atoms with Gasteiger partial charge in [-0.15, -0.1) is 0 Å². The summed E-state index contributed by atoms with van der Waals surface area (Å²) in [6.45, 7) is 4.85. The third-order valence-electron chi connectivity index (χ3n) is 1.80. The molecule has 0 saturated carbocycles. The van der Waals surface area contributed by atoms with E-state index in [0.29, 0.717) is 13.0 Å². The van der Waals surface area contributed by atoms with Gasteiger partial charge >= 0.3 is 5.97 Å². The van der Waals surface area contributed by atoms with E-state index in [1.54, 1.807) is 0 Å². The van der Waals surface area contributed by atoms with Crippen molar-refractivity contribution in [2.75, 3.05) is 20.2 Å². The van der Waals surface area contributed by atoms with Gasteiger partial charge in [-0.05, 0) is 13.8 Å². The average Bonchev–Trinajstić information content (AvgIpc) is 2.11. The number of carbonyl (C=O) groups excluding carboxylic acids is 1. The molecule has 4 nitrogen and oxygen atoms in total. The number of ether oxygens (including phenoxy) is 1. The molecule has 0 unspecified atom stereocenters. The van der Waals surface area contributed by atoms with Gasteiger partial charge in [0.15, 0.2) is 0 Å². The van der Waals surface area contributed by atoms with Gasteiger partial charge in [0.05, 0.1) is 19.7 Å². The molecule has 74 valence electrons. The van der Waals surface area contributed by atoms with Crippen molar-refractivity contribution >= 4 is 5.97 Å². The van der Waals surface area contributed by atoms with Gasteiger partial charge in [0, 0.05) is 19.0 Å². The largest absolute Gasteiger partial charge is 0.468 e. The summed E-state index contributed by atoms with van der Waals surface area (Å²) in [6.07, 6.45) is 0.440. The highest BCUT2D eigenvalue weighted by atomic mass is 16.5. The number of rotatable bonds is 5. The number of hydrogen-bond acceptors (Lipinski definition) is 4. The molecule has 0 atom stereocenters. The molecule has 0 saturated heterocycles. The zero-order valence-corrected chi connectivity index (χ0v) is 8.41. The van der Waals surface area contributed by atoms with E-state index in [2.05, 4.69) is 10.8 Å². The second kappa shape index (κ2) is 6.44. The molecule has 0 radical (unpaired) electrons. The highest BCUT2D eigenvalue weighted by molar-refractivity contribution is 5.71. The Bertz CT molecular complexity index is 196. The lowest BCUT2D eigenvalue weighted by Crippen LogP contribution is -2.36. The van der Waals surface area contributed by atoms with Gasteiger partial charge in [-0.1, -0.05) is 0 Å². The molecule has 0 aliphatic rings. The molecule has 0 rings (SSSR count). The second-order valence-corrected chi connectivity index (χ2v) is 3.05. The van der Waals surface area contributed by atoms with Crippen LogP contribution in [0.3, 0.4) is 0 Å². The monoisotopic (exact) mass is 184 g/mol. The Hall–Kier alpha value is -1.08. The number of methoxy groups -OCH3 is 1. The van der Waals surface area contributed by atoms with Crippen LogP contribution in [0.5, 0.6) is 0 Å². The van der Waals surface area contributed by atoms with E-state index < -0.39 is 0 Å². The molecule has 0 bridgehead atoms. The molecular weight excluding hydrogens is 168 g/mol. The Kier molecular flexibility index (Phi) is 5.90. The maximum atomic E-state index is 10.9. The molecule has 0 aliphatic carbocycles. The van der Waals surface area contributed by atoms with Crippen LogP contribution in [-0.2, 0) is 9.53 Å². The van der Waals surface area contributed by atoms with E-state index >= 15 is 0 Å². The van der Waals surface area contributed by atoms with E-state index in [4.69, 9.17) is 5.26 Å². The molecule has 13 heavy (non-hydrogen) atoms. The Morgan fingerprint density at radius 2 is 2.23 bits per heavy atom. The third-order valence-corrected chi connectivity index (χ3v) is 1.80. The van der Waals surface area contributed by atoms with Crippen LogP contribution in [0.25, 0.3) is 0 Å². The summed E-state index contributed by atoms with van der Waals surface area (Å²) in [7, 11) is 1.37. The Morgan fingerprint density at radius 1 is 1.62 bits per heavy atom. The first-order valence-corrected chi connectivity index (χ1v) is 4.29. The summed E-state index contributed by atoms with van der Waals surface area (Å²) in [5.41, 5.74) is 0. The average molecular weight is 184 g/mol. The highest BCUT2D eigenvalue weighted by Crippen LogP contribution is 1.99. The Morgan fingerprint density at radius 3 is 2.62 bits per heavy atom. The predicted molar refractivity (Wildman–Crippen MR) is 49.0 cm³/mol. The fraction of sp³-hybridized carbons (Fsp3) is 0.778. The van der Waals surface area contributed by atoms with Crippen molar-refractivity contribution in [1.29, 1.82) is 5.26 Å². The minimum atomic E-state index is -0.258. The molecular formula is C9H16N2O2. The highest BCUT2D eigenvalue weighted by Gasteiger charge is 2.13. The van der Waals surface area contributed by atoms with E-state index in [1.807, 2.05) is 18.7 Å². The lowest BCUT2D eigenvalue weighted by molar-refractivity contribution is -0.142. The first-order valence-electron chi connectivity index (χ1n) is 4.29. The second-order valence-electron chi connectivity index (χ2n) is 3.05.